The smallest absolute Gasteiger partial charge is 0.231 e. The van der Waals surface area contributed by atoms with Crippen LogP contribution in [-0.4, -0.2) is 13.4 Å². The Bertz CT molecular complexity index is 1060. The summed E-state index contributed by atoms with van der Waals surface area (Å²) in [5, 5.41) is 0.509. The second-order valence-corrected chi connectivity index (χ2v) is 6.30. The first-order chi connectivity index (χ1) is 12.6. The molecule has 0 amide bonds. The van der Waals surface area contributed by atoms with Crippen LogP contribution in [0.25, 0.3) is 22.1 Å². The lowest BCUT2D eigenvalue weighted by molar-refractivity contribution is 0.174. The molecule has 0 atom stereocenters. The van der Waals surface area contributed by atoms with E-state index in [0.29, 0.717) is 40.4 Å². The Morgan fingerprint density at radius 2 is 1.96 bits per heavy atom. The molecule has 0 saturated carbocycles. The first-order valence-corrected chi connectivity index (χ1v) is 8.33. The molecular formula is C21H18O5. The molecule has 1 aromatic heterocycles. The van der Waals surface area contributed by atoms with E-state index in [4.69, 9.17) is 18.6 Å². The van der Waals surface area contributed by atoms with Crippen LogP contribution in [0.1, 0.15) is 13.8 Å². The summed E-state index contributed by atoms with van der Waals surface area (Å²) >= 11 is 0. The lowest BCUT2D eigenvalue weighted by atomic mass is 10.0. The van der Waals surface area contributed by atoms with Gasteiger partial charge in [0.05, 0.1) is 10.9 Å². The number of rotatable bonds is 4. The highest BCUT2D eigenvalue weighted by molar-refractivity contribution is 5.83. The fourth-order valence-electron chi connectivity index (χ4n) is 2.77. The van der Waals surface area contributed by atoms with E-state index in [-0.39, 0.29) is 12.2 Å². The average molecular weight is 350 g/mol. The first kappa shape index (κ1) is 16.3. The van der Waals surface area contributed by atoms with E-state index < -0.39 is 0 Å². The lowest BCUT2D eigenvalue weighted by Crippen LogP contribution is -2.05. The molecule has 0 spiro atoms. The van der Waals surface area contributed by atoms with E-state index in [1.165, 1.54) is 11.8 Å². The van der Waals surface area contributed by atoms with E-state index >= 15 is 0 Å². The van der Waals surface area contributed by atoms with Crippen molar-refractivity contribution in [3.63, 3.8) is 0 Å². The molecule has 0 radical (unpaired) electrons. The number of benzene rings is 2. The lowest BCUT2D eigenvalue weighted by Gasteiger charge is -2.07. The van der Waals surface area contributed by atoms with Crippen LogP contribution in [0.3, 0.4) is 0 Å². The highest BCUT2D eigenvalue weighted by Gasteiger charge is 2.16. The fourth-order valence-corrected chi connectivity index (χ4v) is 2.77. The first-order valence-electron chi connectivity index (χ1n) is 8.33. The zero-order valence-electron chi connectivity index (χ0n) is 14.6. The third kappa shape index (κ3) is 3.04. The van der Waals surface area contributed by atoms with Crippen molar-refractivity contribution in [1.29, 1.82) is 0 Å². The molecule has 5 nitrogen and oxygen atoms in total. The maximum atomic E-state index is 12.9. The highest BCUT2D eigenvalue weighted by Crippen LogP contribution is 2.35. The van der Waals surface area contributed by atoms with Gasteiger partial charge in [0.15, 0.2) is 16.9 Å². The molecule has 26 heavy (non-hydrogen) atoms. The molecule has 0 N–H and O–H groups in total. The fraction of sp³-hybridized carbons (Fsp3) is 0.190. The molecule has 0 bridgehead atoms. The van der Waals surface area contributed by atoms with E-state index in [2.05, 4.69) is 0 Å². The molecule has 3 aromatic rings. The largest absolute Gasteiger partial charge is 0.489 e. The van der Waals surface area contributed by atoms with Crippen LogP contribution in [-0.2, 0) is 0 Å². The van der Waals surface area contributed by atoms with Gasteiger partial charge in [-0.1, -0.05) is 11.6 Å². The minimum atomic E-state index is -0.0963. The Morgan fingerprint density at radius 1 is 1.12 bits per heavy atom. The number of hydrogen-bond acceptors (Lipinski definition) is 5. The SMILES string of the molecule is CC(C)=CCOc1ccc2c(=O)c(-c3ccc4c(c3)OCO4)coc2c1. The van der Waals surface area contributed by atoms with Gasteiger partial charge < -0.3 is 18.6 Å². The molecule has 0 fully saturated rings. The topological polar surface area (TPSA) is 57.9 Å². The van der Waals surface area contributed by atoms with Gasteiger partial charge in [-0.15, -0.1) is 0 Å². The van der Waals surface area contributed by atoms with Gasteiger partial charge in [-0.2, -0.15) is 0 Å². The van der Waals surface area contributed by atoms with Gasteiger partial charge in [-0.3, -0.25) is 4.79 Å². The van der Waals surface area contributed by atoms with Crippen LogP contribution >= 0.6 is 0 Å². The minimum Gasteiger partial charge on any atom is -0.489 e. The molecular weight excluding hydrogens is 332 g/mol. The van der Waals surface area contributed by atoms with Gasteiger partial charge in [0.25, 0.3) is 0 Å². The average Bonchev–Trinajstić information content (AvgIpc) is 3.09. The molecule has 0 saturated heterocycles. The number of hydrogen-bond donors (Lipinski definition) is 0. The van der Waals surface area contributed by atoms with Crippen LogP contribution in [0.15, 0.2) is 63.5 Å². The van der Waals surface area contributed by atoms with Crippen molar-refractivity contribution >= 4 is 11.0 Å². The van der Waals surface area contributed by atoms with Crippen LogP contribution in [0.5, 0.6) is 17.2 Å². The maximum absolute atomic E-state index is 12.9. The quantitative estimate of drug-likeness (QED) is 0.647. The van der Waals surface area contributed by atoms with Crippen molar-refractivity contribution in [1.82, 2.24) is 0 Å². The Balaban J connectivity index is 1.69. The molecule has 1 aliphatic rings. The van der Waals surface area contributed by atoms with Gasteiger partial charge in [0.1, 0.15) is 24.2 Å². The summed E-state index contributed by atoms with van der Waals surface area (Å²) in [6.07, 6.45) is 3.46. The van der Waals surface area contributed by atoms with E-state index in [1.807, 2.05) is 26.0 Å². The summed E-state index contributed by atoms with van der Waals surface area (Å²) in [7, 11) is 0. The third-order valence-corrected chi connectivity index (χ3v) is 4.17. The van der Waals surface area contributed by atoms with Gasteiger partial charge >= 0.3 is 0 Å². The summed E-state index contributed by atoms with van der Waals surface area (Å²) in [5.41, 5.74) is 2.80. The summed E-state index contributed by atoms with van der Waals surface area (Å²) in [6.45, 7) is 4.70. The number of ether oxygens (including phenoxy) is 3. The Hall–Kier alpha value is -3.21. The summed E-state index contributed by atoms with van der Waals surface area (Å²) in [4.78, 5) is 12.9. The van der Waals surface area contributed by atoms with E-state index in [1.54, 1.807) is 30.3 Å². The van der Waals surface area contributed by atoms with Gasteiger partial charge in [0, 0.05) is 6.07 Å². The predicted octanol–water partition coefficient (Wildman–Crippen LogP) is 4.53. The molecule has 5 heteroatoms. The molecule has 0 unspecified atom stereocenters. The monoisotopic (exact) mass is 350 g/mol. The molecule has 0 aliphatic carbocycles. The van der Waals surface area contributed by atoms with Gasteiger partial charge in [0.2, 0.25) is 6.79 Å². The van der Waals surface area contributed by atoms with E-state index in [0.717, 1.165) is 5.56 Å². The second-order valence-electron chi connectivity index (χ2n) is 6.30. The van der Waals surface area contributed by atoms with Crippen molar-refractivity contribution in [3.05, 3.63) is 64.5 Å². The second kappa shape index (κ2) is 6.59. The van der Waals surface area contributed by atoms with Crippen LogP contribution in [0, 0.1) is 0 Å². The Kier molecular flexibility index (Phi) is 4.13. The predicted molar refractivity (Wildman–Crippen MR) is 99.0 cm³/mol. The summed E-state index contributed by atoms with van der Waals surface area (Å²) < 4.78 is 22.0. The van der Waals surface area contributed by atoms with Crippen LogP contribution < -0.4 is 19.6 Å². The summed E-state index contributed by atoms with van der Waals surface area (Å²) in [5.74, 6) is 1.97. The molecule has 4 rings (SSSR count). The third-order valence-electron chi connectivity index (χ3n) is 4.17. The molecule has 2 heterocycles. The zero-order valence-corrected chi connectivity index (χ0v) is 14.6. The summed E-state index contributed by atoms with van der Waals surface area (Å²) in [6, 6.07) is 10.7. The highest BCUT2D eigenvalue weighted by atomic mass is 16.7. The van der Waals surface area contributed by atoms with E-state index in [9.17, 15) is 4.79 Å². The van der Waals surface area contributed by atoms with Crippen molar-refractivity contribution in [3.8, 4) is 28.4 Å². The standard InChI is InChI=1S/C21H18O5/c1-13(2)7-8-23-15-4-5-16-19(10-15)24-11-17(21(16)22)14-3-6-18-20(9-14)26-12-25-18/h3-7,9-11H,8,12H2,1-2H3. The zero-order chi connectivity index (χ0) is 18.1. The van der Waals surface area contributed by atoms with Crippen LogP contribution in [0.2, 0.25) is 0 Å². The van der Waals surface area contributed by atoms with Crippen molar-refractivity contribution in [2.75, 3.05) is 13.4 Å². The van der Waals surface area contributed by atoms with Gasteiger partial charge in [-0.05, 0) is 49.8 Å². The Morgan fingerprint density at radius 3 is 2.81 bits per heavy atom. The van der Waals surface area contributed by atoms with Gasteiger partial charge in [-0.25, -0.2) is 0 Å². The van der Waals surface area contributed by atoms with Crippen molar-refractivity contribution in [2.45, 2.75) is 13.8 Å². The van der Waals surface area contributed by atoms with Crippen molar-refractivity contribution < 1.29 is 18.6 Å². The maximum Gasteiger partial charge on any atom is 0.231 e. The van der Waals surface area contributed by atoms with Crippen molar-refractivity contribution in [2.24, 2.45) is 0 Å². The minimum absolute atomic E-state index is 0.0963. The molecule has 2 aromatic carbocycles. The Labute approximate surface area is 150 Å². The number of allylic oxidation sites excluding steroid dienone is 1. The molecule has 1 aliphatic heterocycles. The normalized spacial score (nSPS) is 12.2. The number of fused-ring (bicyclic) bond motifs is 2. The molecule has 132 valence electrons. The van der Waals surface area contributed by atoms with Crippen LogP contribution in [0.4, 0.5) is 0 Å².